The first-order chi connectivity index (χ1) is 12.9. The maximum absolute atomic E-state index is 10.7. The van der Waals surface area contributed by atoms with Gasteiger partial charge in [-0.15, -0.1) is 0 Å². The van der Waals surface area contributed by atoms with E-state index in [0.717, 1.165) is 28.1 Å². The number of guanidine groups is 1. The van der Waals surface area contributed by atoms with Crippen molar-refractivity contribution < 1.29 is 13.9 Å². The summed E-state index contributed by atoms with van der Waals surface area (Å²) in [5.74, 6) is 2.74. The number of nitrogens with zero attached hydrogens (tertiary/aromatic N) is 1. The monoisotopic (exact) mass is 369 g/mol. The molecule has 1 atom stereocenters. The minimum absolute atomic E-state index is 0.269. The summed E-state index contributed by atoms with van der Waals surface area (Å²) in [5, 5.41) is 18.2. The number of hydrogen-bond acceptors (Lipinski definition) is 4. The average molecular weight is 369 g/mol. The number of rotatable bonds is 6. The van der Waals surface area contributed by atoms with Crippen LogP contribution in [0.5, 0.6) is 0 Å². The van der Waals surface area contributed by atoms with E-state index >= 15 is 0 Å². The van der Waals surface area contributed by atoms with E-state index in [4.69, 9.17) is 8.83 Å². The summed E-state index contributed by atoms with van der Waals surface area (Å²) in [6, 6.07) is 11.6. The van der Waals surface area contributed by atoms with E-state index in [2.05, 4.69) is 15.6 Å². The Hall–Kier alpha value is -2.73. The van der Waals surface area contributed by atoms with E-state index in [-0.39, 0.29) is 6.54 Å². The van der Waals surface area contributed by atoms with E-state index in [9.17, 15) is 5.11 Å². The van der Waals surface area contributed by atoms with Gasteiger partial charge in [0.1, 0.15) is 35.0 Å². The zero-order chi connectivity index (χ0) is 19.4. The second kappa shape index (κ2) is 7.88. The number of nitrogens with one attached hydrogen (secondary N) is 2. The van der Waals surface area contributed by atoms with E-state index in [0.29, 0.717) is 24.8 Å². The Bertz CT molecular complexity index is 937. The highest BCUT2D eigenvalue weighted by Gasteiger charge is 2.27. The molecule has 0 saturated carbocycles. The normalized spacial score (nSPS) is 14.3. The fraction of sp³-hybridized carbons (Fsp3) is 0.381. The number of fused-ring (bicyclic) bond motifs is 1. The quantitative estimate of drug-likeness (QED) is 0.457. The predicted molar refractivity (Wildman–Crippen MR) is 107 cm³/mol. The summed E-state index contributed by atoms with van der Waals surface area (Å²) in [5.41, 5.74) is 0.831. The van der Waals surface area contributed by atoms with Gasteiger partial charge in [0.25, 0.3) is 0 Å². The van der Waals surface area contributed by atoms with Crippen molar-refractivity contribution in [3.8, 4) is 0 Å². The van der Waals surface area contributed by atoms with Gasteiger partial charge < -0.3 is 24.6 Å². The predicted octanol–water partition coefficient (Wildman–Crippen LogP) is 3.61. The van der Waals surface area contributed by atoms with Gasteiger partial charge in [-0.2, -0.15) is 0 Å². The molecule has 0 spiro atoms. The average Bonchev–Trinajstić information content (AvgIpc) is 3.22. The van der Waals surface area contributed by atoms with Gasteiger partial charge in [-0.25, -0.2) is 4.99 Å². The Balaban J connectivity index is 1.71. The highest BCUT2D eigenvalue weighted by atomic mass is 16.4. The number of furan rings is 2. The molecule has 6 heteroatoms. The summed E-state index contributed by atoms with van der Waals surface area (Å²) in [7, 11) is 0. The lowest BCUT2D eigenvalue weighted by Crippen LogP contribution is -2.44. The van der Waals surface area contributed by atoms with Gasteiger partial charge in [-0.3, -0.25) is 0 Å². The van der Waals surface area contributed by atoms with Crippen molar-refractivity contribution in [1.29, 1.82) is 0 Å². The molecule has 0 fully saturated rings. The van der Waals surface area contributed by atoms with Crippen LogP contribution in [0.3, 0.4) is 0 Å². The van der Waals surface area contributed by atoms with Crippen LogP contribution in [0, 0.1) is 13.8 Å². The molecule has 6 nitrogen and oxygen atoms in total. The molecule has 3 aromatic rings. The summed E-state index contributed by atoms with van der Waals surface area (Å²) < 4.78 is 11.5. The Morgan fingerprint density at radius 2 is 1.89 bits per heavy atom. The second-order valence-corrected chi connectivity index (χ2v) is 6.88. The zero-order valence-corrected chi connectivity index (χ0v) is 16.3. The number of para-hydroxylation sites is 1. The first-order valence-electron chi connectivity index (χ1n) is 9.19. The third-order valence-corrected chi connectivity index (χ3v) is 4.54. The zero-order valence-electron chi connectivity index (χ0n) is 16.3. The van der Waals surface area contributed by atoms with E-state index in [1.807, 2.05) is 51.1 Å². The van der Waals surface area contributed by atoms with Crippen molar-refractivity contribution in [3.63, 3.8) is 0 Å². The fourth-order valence-corrected chi connectivity index (χ4v) is 2.94. The molecular formula is C21H27N3O3. The van der Waals surface area contributed by atoms with E-state index < -0.39 is 5.60 Å². The molecule has 0 aliphatic heterocycles. The highest BCUT2D eigenvalue weighted by Crippen LogP contribution is 2.25. The van der Waals surface area contributed by atoms with Gasteiger partial charge in [0.2, 0.25) is 0 Å². The Morgan fingerprint density at radius 3 is 2.56 bits per heavy atom. The van der Waals surface area contributed by atoms with Gasteiger partial charge in [-0.1, -0.05) is 18.2 Å². The van der Waals surface area contributed by atoms with Crippen molar-refractivity contribution in [2.45, 2.75) is 39.8 Å². The SMILES string of the molecule is CCNC(=NCc1oc2ccccc2c1C)NCC(C)(O)c1ccc(C)o1. The highest BCUT2D eigenvalue weighted by molar-refractivity contribution is 5.82. The minimum Gasteiger partial charge on any atom is -0.463 e. The molecule has 0 saturated heterocycles. The van der Waals surface area contributed by atoms with E-state index in [1.165, 1.54) is 0 Å². The molecule has 0 amide bonds. The molecule has 2 heterocycles. The largest absolute Gasteiger partial charge is 0.463 e. The van der Waals surface area contributed by atoms with Crippen LogP contribution in [-0.2, 0) is 12.1 Å². The minimum atomic E-state index is -1.14. The lowest BCUT2D eigenvalue weighted by molar-refractivity contribution is 0.0378. The molecule has 3 N–H and O–H groups in total. The maximum atomic E-state index is 10.7. The first kappa shape index (κ1) is 19.0. The molecule has 27 heavy (non-hydrogen) atoms. The fourth-order valence-electron chi connectivity index (χ4n) is 2.94. The van der Waals surface area contributed by atoms with Crippen molar-refractivity contribution >= 4 is 16.9 Å². The Morgan fingerprint density at radius 1 is 1.11 bits per heavy atom. The van der Waals surface area contributed by atoms with Crippen molar-refractivity contribution in [2.24, 2.45) is 4.99 Å². The molecule has 144 valence electrons. The molecule has 1 unspecified atom stereocenters. The number of aryl methyl sites for hydroxylation is 2. The Labute approximate surface area is 159 Å². The van der Waals surface area contributed by atoms with Crippen LogP contribution in [0.2, 0.25) is 0 Å². The Kier molecular flexibility index (Phi) is 5.56. The summed E-state index contributed by atoms with van der Waals surface area (Å²) in [4.78, 5) is 4.60. The van der Waals surface area contributed by atoms with Gasteiger partial charge >= 0.3 is 0 Å². The molecular weight excluding hydrogens is 342 g/mol. The van der Waals surface area contributed by atoms with Gasteiger partial charge in [0.05, 0.1) is 6.54 Å². The lowest BCUT2D eigenvalue weighted by atomic mass is 10.0. The van der Waals surface area contributed by atoms with Crippen LogP contribution in [0.25, 0.3) is 11.0 Å². The second-order valence-electron chi connectivity index (χ2n) is 6.88. The number of hydrogen-bond donors (Lipinski definition) is 3. The molecule has 3 rings (SSSR count). The topological polar surface area (TPSA) is 82.9 Å². The first-order valence-corrected chi connectivity index (χ1v) is 9.19. The smallest absolute Gasteiger partial charge is 0.191 e. The van der Waals surface area contributed by atoms with Crippen LogP contribution < -0.4 is 10.6 Å². The molecule has 1 aromatic carbocycles. The molecule has 0 bridgehead atoms. The van der Waals surface area contributed by atoms with Crippen LogP contribution in [-0.4, -0.2) is 24.2 Å². The van der Waals surface area contributed by atoms with Crippen LogP contribution in [0.1, 0.15) is 36.7 Å². The van der Waals surface area contributed by atoms with Gasteiger partial charge in [0.15, 0.2) is 5.96 Å². The third kappa shape index (κ3) is 4.34. The van der Waals surface area contributed by atoms with E-state index in [1.54, 1.807) is 13.0 Å². The standard InChI is InChI=1S/C21H27N3O3/c1-5-22-20(24-13-21(4,25)19-11-10-14(2)26-19)23-12-18-15(3)16-8-6-7-9-17(16)27-18/h6-11,25H,5,12-13H2,1-4H3,(H2,22,23,24). The van der Waals surface area contributed by atoms with Crippen LogP contribution in [0.4, 0.5) is 0 Å². The number of aliphatic imine (C=N–C) groups is 1. The number of aliphatic hydroxyl groups is 1. The maximum Gasteiger partial charge on any atom is 0.191 e. The van der Waals surface area contributed by atoms with Crippen molar-refractivity contribution in [3.05, 3.63) is 59.2 Å². The van der Waals surface area contributed by atoms with Crippen LogP contribution in [0.15, 0.2) is 50.2 Å². The van der Waals surface area contributed by atoms with Crippen molar-refractivity contribution in [1.82, 2.24) is 10.6 Å². The molecule has 2 aromatic heterocycles. The third-order valence-electron chi connectivity index (χ3n) is 4.54. The van der Waals surface area contributed by atoms with Gasteiger partial charge in [0, 0.05) is 17.5 Å². The van der Waals surface area contributed by atoms with Gasteiger partial charge in [-0.05, 0) is 45.9 Å². The van der Waals surface area contributed by atoms with Crippen molar-refractivity contribution in [2.75, 3.05) is 13.1 Å². The van der Waals surface area contributed by atoms with Crippen LogP contribution >= 0.6 is 0 Å². The molecule has 0 radical (unpaired) electrons. The summed E-state index contributed by atoms with van der Waals surface area (Å²) >= 11 is 0. The summed E-state index contributed by atoms with van der Waals surface area (Å²) in [6.07, 6.45) is 0. The lowest BCUT2D eigenvalue weighted by Gasteiger charge is -2.22. The molecule has 0 aliphatic carbocycles. The number of benzene rings is 1. The molecule has 0 aliphatic rings. The summed E-state index contributed by atoms with van der Waals surface area (Å²) in [6.45, 7) is 9.01.